The summed E-state index contributed by atoms with van der Waals surface area (Å²) in [4.78, 5) is 11.7. The van der Waals surface area contributed by atoms with Crippen LogP contribution in [0.25, 0.3) is 0 Å². The average Bonchev–Trinajstić information content (AvgIpc) is 2.53. The van der Waals surface area contributed by atoms with Gasteiger partial charge in [-0.15, -0.1) is 0 Å². The Morgan fingerprint density at radius 1 is 1.00 bits per heavy atom. The van der Waals surface area contributed by atoms with Crippen LogP contribution < -0.4 is 5.32 Å². The van der Waals surface area contributed by atoms with Gasteiger partial charge in [0.25, 0.3) is 0 Å². The number of nitrogens with one attached hydrogen (secondary N) is 1. The molecule has 0 atom stereocenters. The minimum Gasteiger partial charge on any atom is -0.444 e. The molecule has 1 N–H and O–H groups in total. The van der Waals surface area contributed by atoms with Gasteiger partial charge >= 0.3 is 6.09 Å². The van der Waals surface area contributed by atoms with Crippen molar-refractivity contribution in [2.45, 2.75) is 32.8 Å². The largest absolute Gasteiger partial charge is 0.444 e. The highest BCUT2D eigenvalue weighted by Gasteiger charge is 2.03. The molecule has 0 aliphatic rings. The first-order valence-electron chi connectivity index (χ1n) is 7.34. The fourth-order valence-corrected chi connectivity index (χ4v) is 2.01. The third-order valence-corrected chi connectivity index (χ3v) is 3.23. The Kier molecular flexibility index (Phi) is 5.83. The molecule has 1 amide bonds. The van der Waals surface area contributed by atoms with Crippen molar-refractivity contribution in [1.82, 2.24) is 0 Å². The number of rotatable bonds is 6. The van der Waals surface area contributed by atoms with E-state index in [1.165, 1.54) is 18.4 Å². The summed E-state index contributed by atoms with van der Waals surface area (Å²) < 4.78 is 5.18. The van der Waals surface area contributed by atoms with Gasteiger partial charge in [0.15, 0.2) is 0 Å². The molecule has 0 aliphatic carbocycles. The van der Waals surface area contributed by atoms with Gasteiger partial charge < -0.3 is 4.74 Å². The van der Waals surface area contributed by atoms with E-state index in [0.29, 0.717) is 0 Å². The molecule has 0 aromatic heterocycles. The number of hydrogen-bond donors (Lipinski definition) is 1. The van der Waals surface area contributed by atoms with Crippen LogP contribution in [0.1, 0.15) is 30.9 Å². The van der Waals surface area contributed by atoms with Crippen molar-refractivity contribution in [3.05, 3.63) is 65.7 Å². The van der Waals surface area contributed by atoms with Crippen molar-refractivity contribution >= 4 is 11.8 Å². The predicted molar refractivity (Wildman–Crippen MR) is 85.3 cm³/mol. The maximum Gasteiger partial charge on any atom is 0.411 e. The second-order valence-electron chi connectivity index (χ2n) is 4.99. The first-order chi connectivity index (χ1) is 10.3. The smallest absolute Gasteiger partial charge is 0.411 e. The first-order valence-corrected chi connectivity index (χ1v) is 7.34. The number of amides is 1. The number of unbranched alkanes of at least 4 members (excludes halogenated alkanes) is 1. The topological polar surface area (TPSA) is 38.3 Å². The maximum absolute atomic E-state index is 11.7. The molecule has 2 aromatic rings. The van der Waals surface area contributed by atoms with Crippen LogP contribution in [-0.2, 0) is 17.8 Å². The number of aryl methyl sites for hydroxylation is 1. The van der Waals surface area contributed by atoms with E-state index in [1.807, 2.05) is 54.6 Å². The number of carbonyl (C=O) groups excluding carboxylic acids is 1. The summed E-state index contributed by atoms with van der Waals surface area (Å²) in [7, 11) is 0. The van der Waals surface area contributed by atoms with E-state index < -0.39 is 6.09 Å². The zero-order chi connectivity index (χ0) is 14.9. The Morgan fingerprint density at radius 3 is 2.38 bits per heavy atom. The van der Waals surface area contributed by atoms with Crippen LogP contribution in [0.4, 0.5) is 10.5 Å². The molecule has 2 aromatic carbocycles. The zero-order valence-corrected chi connectivity index (χ0v) is 12.3. The zero-order valence-electron chi connectivity index (χ0n) is 12.3. The number of hydrogen-bond acceptors (Lipinski definition) is 2. The fraction of sp³-hybridized carbons (Fsp3) is 0.278. The standard InChI is InChI=1S/C18H21NO2/c1-2-3-7-15-10-12-17(13-11-15)19-18(20)21-14-16-8-5-4-6-9-16/h4-6,8-13H,2-3,7,14H2,1H3,(H,19,20). The van der Waals surface area contributed by atoms with Crippen molar-refractivity contribution in [3.8, 4) is 0 Å². The predicted octanol–water partition coefficient (Wildman–Crippen LogP) is 4.78. The van der Waals surface area contributed by atoms with E-state index in [-0.39, 0.29) is 6.61 Å². The van der Waals surface area contributed by atoms with Gasteiger partial charge in [0.1, 0.15) is 6.61 Å². The van der Waals surface area contributed by atoms with Gasteiger partial charge in [-0.3, -0.25) is 5.32 Å². The summed E-state index contributed by atoms with van der Waals surface area (Å²) in [6, 6.07) is 17.5. The summed E-state index contributed by atoms with van der Waals surface area (Å²) in [6.07, 6.45) is 3.02. The third-order valence-electron chi connectivity index (χ3n) is 3.23. The minimum absolute atomic E-state index is 0.279. The Labute approximate surface area is 126 Å². The number of anilines is 1. The Hall–Kier alpha value is -2.29. The number of benzene rings is 2. The van der Waals surface area contributed by atoms with Crippen LogP contribution in [0.15, 0.2) is 54.6 Å². The van der Waals surface area contributed by atoms with Crippen LogP contribution in [0.5, 0.6) is 0 Å². The van der Waals surface area contributed by atoms with E-state index in [0.717, 1.165) is 17.7 Å². The normalized spacial score (nSPS) is 10.1. The second-order valence-corrected chi connectivity index (χ2v) is 4.99. The van der Waals surface area contributed by atoms with E-state index >= 15 is 0 Å². The van der Waals surface area contributed by atoms with Crippen LogP contribution in [0, 0.1) is 0 Å². The van der Waals surface area contributed by atoms with Crippen molar-refractivity contribution in [2.75, 3.05) is 5.32 Å². The van der Waals surface area contributed by atoms with E-state index in [2.05, 4.69) is 12.2 Å². The van der Waals surface area contributed by atoms with Gasteiger partial charge in [-0.25, -0.2) is 4.79 Å². The molecule has 3 nitrogen and oxygen atoms in total. The molecule has 0 unspecified atom stereocenters. The van der Waals surface area contributed by atoms with Gasteiger partial charge in [0.05, 0.1) is 0 Å². The van der Waals surface area contributed by atoms with Crippen LogP contribution >= 0.6 is 0 Å². The lowest BCUT2D eigenvalue weighted by Gasteiger charge is -2.08. The SMILES string of the molecule is CCCCc1ccc(NC(=O)OCc2ccccc2)cc1. The first kappa shape index (κ1) is 15.1. The highest BCUT2D eigenvalue weighted by Crippen LogP contribution is 2.12. The molecule has 0 heterocycles. The highest BCUT2D eigenvalue weighted by molar-refractivity contribution is 5.84. The lowest BCUT2D eigenvalue weighted by molar-refractivity contribution is 0.155. The molecule has 0 spiro atoms. The highest BCUT2D eigenvalue weighted by atomic mass is 16.5. The van der Waals surface area contributed by atoms with E-state index in [4.69, 9.17) is 4.74 Å². The number of ether oxygens (including phenoxy) is 1. The Balaban J connectivity index is 1.79. The third kappa shape index (κ3) is 5.30. The van der Waals surface area contributed by atoms with Gasteiger partial charge in [0.2, 0.25) is 0 Å². The molecule has 3 heteroatoms. The van der Waals surface area contributed by atoms with E-state index in [9.17, 15) is 4.79 Å². The molecule has 110 valence electrons. The molecule has 0 saturated heterocycles. The van der Waals surface area contributed by atoms with Gasteiger partial charge in [-0.1, -0.05) is 55.8 Å². The summed E-state index contributed by atoms with van der Waals surface area (Å²) in [5.74, 6) is 0. The lowest BCUT2D eigenvalue weighted by Crippen LogP contribution is -2.13. The summed E-state index contributed by atoms with van der Waals surface area (Å²) in [6.45, 7) is 2.46. The summed E-state index contributed by atoms with van der Waals surface area (Å²) >= 11 is 0. The average molecular weight is 283 g/mol. The molecular formula is C18H21NO2. The quantitative estimate of drug-likeness (QED) is 0.828. The molecule has 0 bridgehead atoms. The summed E-state index contributed by atoms with van der Waals surface area (Å²) in [5.41, 5.74) is 3.02. The van der Waals surface area contributed by atoms with Gasteiger partial charge in [-0.2, -0.15) is 0 Å². The Bertz CT molecular complexity index is 549. The van der Waals surface area contributed by atoms with E-state index in [1.54, 1.807) is 0 Å². The number of carbonyl (C=O) groups is 1. The van der Waals surface area contributed by atoms with Gasteiger partial charge in [-0.05, 0) is 36.1 Å². The van der Waals surface area contributed by atoms with Crippen molar-refractivity contribution in [3.63, 3.8) is 0 Å². The fourth-order valence-electron chi connectivity index (χ4n) is 2.01. The van der Waals surface area contributed by atoms with Crippen LogP contribution in [0.2, 0.25) is 0 Å². The van der Waals surface area contributed by atoms with Crippen LogP contribution in [0.3, 0.4) is 0 Å². The molecule has 21 heavy (non-hydrogen) atoms. The molecular weight excluding hydrogens is 262 g/mol. The maximum atomic E-state index is 11.7. The van der Waals surface area contributed by atoms with Crippen LogP contribution in [-0.4, -0.2) is 6.09 Å². The Morgan fingerprint density at radius 2 is 1.71 bits per heavy atom. The molecule has 0 saturated carbocycles. The van der Waals surface area contributed by atoms with Crippen molar-refractivity contribution < 1.29 is 9.53 Å². The monoisotopic (exact) mass is 283 g/mol. The molecule has 0 aliphatic heterocycles. The lowest BCUT2D eigenvalue weighted by atomic mass is 10.1. The molecule has 0 fully saturated rings. The molecule has 0 radical (unpaired) electrons. The second kappa shape index (κ2) is 8.10. The van der Waals surface area contributed by atoms with Gasteiger partial charge in [0, 0.05) is 5.69 Å². The van der Waals surface area contributed by atoms with Crippen molar-refractivity contribution in [1.29, 1.82) is 0 Å². The van der Waals surface area contributed by atoms with Crippen molar-refractivity contribution in [2.24, 2.45) is 0 Å². The summed E-state index contributed by atoms with van der Waals surface area (Å²) in [5, 5.41) is 2.73. The minimum atomic E-state index is -0.430. The molecule has 2 rings (SSSR count).